The zero-order valence-electron chi connectivity index (χ0n) is 15.1. The van der Waals surface area contributed by atoms with E-state index in [1.54, 1.807) is 12.1 Å². The molecule has 0 aliphatic carbocycles. The van der Waals surface area contributed by atoms with Crippen LogP contribution in [0, 0.1) is 19.7 Å². The minimum atomic E-state index is -0.499. The van der Waals surface area contributed by atoms with Crippen molar-refractivity contribution in [1.29, 1.82) is 0 Å². The molecule has 0 unspecified atom stereocenters. The highest BCUT2D eigenvalue weighted by Crippen LogP contribution is 2.27. The Labute approximate surface area is 161 Å². The molecule has 3 rings (SSSR count). The highest BCUT2D eigenvalue weighted by Gasteiger charge is 2.14. The van der Waals surface area contributed by atoms with Crippen molar-refractivity contribution in [1.82, 2.24) is 9.97 Å². The van der Waals surface area contributed by atoms with E-state index in [1.165, 1.54) is 31.0 Å². The third-order valence-corrected chi connectivity index (χ3v) is 4.56. The van der Waals surface area contributed by atoms with Gasteiger partial charge in [0.15, 0.2) is 5.16 Å². The summed E-state index contributed by atoms with van der Waals surface area (Å²) in [6.45, 7) is 3.86. The number of halogens is 1. The number of aryl methyl sites for hydroxylation is 2. The highest BCUT2D eigenvalue weighted by atomic mass is 32.2. The number of aromatic nitrogens is 2. The number of hydrogen-bond donors (Lipinski definition) is 1. The molecule has 0 aliphatic rings. The van der Waals surface area contributed by atoms with Crippen LogP contribution in [0.15, 0.2) is 58.6 Å². The number of rotatable bonds is 5. The molecule has 0 saturated heterocycles. The number of carbonyl (C=O) groups excluding carboxylic acids is 1. The Kier molecular flexibility index (Phi) is 5.71. The molecular formula is C20H18FN3O2S. The van der Waals surface area contributed by atoms with Gasteiger partial charge in [0.25, 0.3) is 5.91 Å². The summed E-state index contributed by atoms with van der Waals surface area (Å²) < 4.78 is 18.6. The molecular weight excluding hydrogens is 365 g/mol. The monoisotopic (exact) mass is 383 g/mol. The average molecular weight is 383 g/mol. The molecule has 0 radical (unpaired) electrons. The first-order chi connectivity index (χ1) is 12.9. The fraction of sp³-hybridized carbons (Fsp3) is 0.150. The molecule has 138 valence electrons. The SMILES string of the molecule is COc1ccc(F)cc1C(=O)Nc1ccc(Sc2nc(C)cc(C)n2)cc1. The van der Waals surface area contributed by atoms with Gasteiger partial charge < -0.3 is 10.1 Å². The Hall–Kier alpha value is -2.93. The van der Waals surface area contributed by atoms with Crippen LogP contribution in [-0.4, -0.2) is 23.0 Å². The number of nitrogens with zero attached hydrogens (tertiary/aromatic N) is 2. The van der Waals surface area contributed by atoms with Crippen LogP contribution >= 0.6 is 11.8 Å². The minimum absolute atomic E-state index is 0.139. The van der Waals surface area contributed by atoms with Gasteiger partial charge in [-0.3, -0.25) is 4.79 Å². The van der Waals surface area contributed by atoms with E-state index in [4.69, 9.17) is 4.74 Å². The summed E-state index contributed by atoms with van der Waals surface area (Å²) in [7, 11) is 1.44. The molecule has 7 heteroatoms. The molecule has 0 saturated carbocycles. The van der Waals surface area contributed by atoms with Gasteiger partial charge in [-0.1, -0.05) is 0 Å². The molecule has 0 aliphatic heterocycles. The Morgan fingerprint density at radius 3 is 2.33 bits per heavy atom. The summed E-state index contributed by atoms with van der Waals surface area (Å²) in [5, 5.41) is 3.42. The van der Waals surface area contributed by atoms with Crippen molar-refractivity contribution in [3.63, 3.8) is 0 Å². The summed E-state index contributed by atoms with van der Waals surface area (Å²) in [6, 6.07) is 13.0. The maximum absolute atomic E-state index is 13.4. The van der Waals surface area contributed by atoms with E-state index in [9.17, 15) is 9.18 Å². The number of methoxy groups -OCH3 is 1. The van der Waals surface area contributed by atoms with Gasteiger partial charge in [-0.25, -0.2) is 14.4 Å². The first kappa shape index (κ1) is 18.8. The lowest BCUT2D eigenvalue weighted by atomic mass is 10.1. The normalized spacial score (nSPS) is 10.5. The topological polar surface area (TPSA) is 64.1 Å². The Morgan fingerprint density at radius 1 is 1.04 bits per heavy atom. The van der Waals surface area contributed by atoms with Crippen LogP contribution < -0.4 is 10.1 Å². The van der Waals surface area contributed by atoms with E-state index in [0.29, 0.717) is 16.6 Å². The number of anilines is 1. The van der Waals surface area contributed by atoms with E-state index in [-0.39, 0.29) is 5.56 Å². The van der Waals surface area contributed by atoms with Gasteiger partial charge in [0.1, 0.15) is 11.6 Å². The molecule has 1 heterocycles. The number of hydrogen-bond acceptors (Lipinski definition) is 5. The molecule has 0 spiro atoms. The Morgan fingerprint density at radius 2 is 1.70 bits per heavy atom. The molecule has 1 aromatic heterocycles. The van der Waals surface area contributed by atoms with Crippen molar-refractivity contribution in [2.24, 2.45) is 0 Å². The number of amides is 1. The van der Waals surface area contributed by atoms with Crippen molar-refractivity contribution in [3.05, 3.63) is 71.3 Å². The van der Waals surface area contributed by atoms with Crippen LogP contribution in [-0.2, 0) is 0 Å². The molecule has 3 aromatic rings. The van der Waals surface area contributed by atoms with Crippen LogP contribution in [0.4, 0.5) is 10.1 Å². The Balaban J connectivity index is 1.72. The van der Waals surface area contributed by atoms with E-state index in [0.717, 1.165) is 22.3 Å². The second kappa shape index (κ2) is 8.18. The lowest BCUT2D eigenvalue weighted by molar-refractivity contribution is 0.102. The van der Waals surface area contributed by atoms with Gasteiger partial charge in [-0.2, -0.15) is 0 Å². The average Bonchev–Trinajstić information content (AvgIpc) is 2.62. The van der Waals surface area contributed by atoms with Crippen LogP contribution in [0.1, 0.15) is 21.7 Å². The standard InChI is InChI=1S/C20H18FN3O2S/c1-12-10-13(2)23-20(22-12)27-16-7-5-15(6-8-16)24-19(25)17-11-14(21)4-9-18(17)26-3/h4-11H,1-3H3,(H,24,25). The largest absolute Gasteiger partial charge is 0.496 e. The van der Waals surface area contributed by atoms with Crippen molar-refractivity contribution >= 4 is 23.4 Å². The lowest BCUT2D eigenvalue weighted by Crippen LogP contribution is -2.13. The summed E-state index contributed by atoms with van der Waals surface area (Å²) in [6.07, 6.45) is 0. The van der Waals surface area contributed by atoms with Crippen molar-refractivity contribution in [2.45, 2.75) is 23.9 Å². The quantitative estimate of drug-likeness (QED) is 0.650. The van der Waals surface area contributed by atoms with Gasteiger partial charge >= 0.3 is 0 Å². The van der Waals surface area contributed by atoms with Gasteiger partial charge in [0.05, 0.1) is 12.7 Å². The molecule has 2 aromatic carbocycles. The maximum atomic E-state index is 13.4. The zero-order chi connectivity index (χ0) is 19.4. The minimum Gasteiger partial charge on any atom is -0.496 e. The van der Waals surface area contributed by atoms with E-state index < -0.39 is 11.7 Å². The van der Waals surface area contributed by atoms with Crippen LogP contribution in [0.5, 0.6) is 5.75 Å². The number of ether oxygens (including phenoxy) is 1. The predicted octanol–water partition coefficient (Wildman–Crippen LogP) is 4.64. The number of nitrogens with one attached hydrogen (secondary N) is 1. The molecule has 1 N–H and O–H groups in total. The summed E-state index contributed by atoms with van der Waals surface area (Å²) >= 11 is 1.44. The summed E-state index contributed by atoms with van der Waals surface area (Å²) in [5.74, 6) is -0.626. The fourth-order valence-corrected chi connectivity index (χ4v) is 3.37. The molecule has 0 fully saturated rings. The van der Waals surface area contributed by atoms with Gasteiger partial charge in [0, 0.05) is 22.0 Å². The van der Waals surface area contributed by atoms with E-state index >= 15 is 0 Å². The fourth-order valence-electron chi connectivity index (χ4n) is 2.51. The van der Waals surface area contributed by atoms with Crippen LogP contribution in [0.3, 0.4) is 0 Å². The molecule has 0 bridgehead atoms. The van der Waals surface area contributed by atoms with E-state index in [1.807, 2.05) is 32.0 Å². The lowest BCUT2D eigenvalue weighted by Gasteiger charge is -2.10. The van der Waals surface area contributed by atoms with Crippen molar-refractivity contribution in [3.8, 4) is 5.75 Å². The van der Waals surface area contributed by atoms with Gasteiger partial charge in [-0.05, 0) is 74.1 Å². The van der Waals surface area contributed by atoms with Gasteiger partial charge in [0.2, 0.25) is 0 Å². The second-order valence-electron chi connectivity index (χ2n) is 5.86. The smallest absolute Gasteiger partial charge is 0.259 e. The Bertz CT molecular complexity index is 957. The highest BCUT2D eigenvalue weighted by molar-refractivity contribution is 7.99. The number of benzene rings is 2. The van der Waals surface area contributed by atoms with E-state index in [2.05, 4.69) is 15.3 Å². The van der Waals surface area contributed by atoms with Gasteiger partial charge in [-0.15, -0.1) is 0 Å². The molecule has 5 nitrogen and oxygen atoms in total. The maximum Gasteiger partial charge on any atom is 0.259 e. The predicted molar refractivity (Wildman–Crippen MR) is 103 cm³/mol. The molecule has 0 atom stereocenters. The first-order valence-corrected chi connectivity index (χ1v) is 9.01. The van der Waals surface area contributed by atoms with Crippen molar-refractivity contribution < 1.29 is 13.9 Å². The summed E-state index contributed by atoms with van der Waals surface area (Å²) in [5.41, 5.74) is 2.56. The zero-order valence-corrected chi connectivity index (χ0v) is 15.9. The summed E-state index contributed by atoms with van der Waals surface area (Å²) in [4.78, 5) is 22.2. The third-order valence-electron chi connectivity index (χ3n) is 3.69. The molecule has 1 amide bonds. The van der Waals surface area contributed by atoms with Crippen molar-refractivity contribution in [2.75, 3.05) is 12.4 Å². The second-order valence-corrected chi connectivity index (χ2v) is 6.90. The molecule has 27 heavy (non-hydrogen) atoms. The van der Waals surface area contributed by atoms with Crippen LogP contribution in [0.25, 0.3) is 0 Å². The van der Waals surface area contributed by atoms with Crippen LogP contribution in [0.2, 0.25) is 0 Å². The third kappa shape index (κ3) is 4.83. The number of carbonyl (C=O) groups is 1. The first-order valence-electron chi connectivity index (χ1n) is 8.19.